The number of aryl methyl sites for hydroxylation is 1. The highest BCUT2D eigenvalue weighted by Gasteiger charge is 2.22. The van der Waals surface area contributed by atoms with Gasteiger partial charge in [-0.2, -0.15) is 0 Å². The molecule has 4 rings (SSSR count). The number of benzene rings is 1. The van der Waals surface area contributed by atoms with E-state index < -0.39 is 0 Å². The van der Waals surface area contributed by atoms with E-state index in [0.29, 0.717) is 0 Å². The van der Waals surface area contributed by atoms with Gasteiger partial charge in [0, 0.05) is 50.2 Å². The van der Waals surface area contributed by atoms with Gasteiger partial charge >= 0.3 is 0 Å². The number of nitrogens with one attached hydrogen (secondary N) is 1. The molecule has 7 heteroatoms. The third-order valence-electron chi connectivity index (χ3n) is 6.08. The third-order valence-corrected chi connectivity index (χ3v) is 7.57. The Kier molecular flexibility index (Phi) is 6.38. The molecular formula is C21H29ClN4OS. The van der Waals surface area contributed by atoms with Crippen LogP contribution in [0.25, 0.3) is 10.2 Å². The zero-order chi connectivity index (χ0) is 19.5. The minimum Gasteiger partial charge on any atom is -0.355 e. The number of carbonyl (C=O) groups is 1. The summed E-state index contributed by atoms with van der Waals surface area (Å²) >= 11 is 7.98. The zero-order valence-electron chi connectivity index (χ0n) is 16.5. The van der Waals surface area contributed by atoms with Crippen LogP contribution in [0.1, 0.15) is 37.7 Å². The molecule has 28 heavy (non-hydrogen) atoms. The van der Waals surface area contributed by atoms with Gasteiger partial charge in [0.1, 0.15) is 0 Å². The first kappa shape index (κ1) is 19.9. The summed E-state index contributed by atoms with van der Waals surface area (Å²) in [5, 5.41) is 5.03. The normalized spacial score (nSPS) is 19.3. The van der Waals surface area contributed by atoms with E-state index in [1.165, 1.54) is 24.0 Å². The number of hydrogen-bond donors (Lipinski definition) is 1. The van der Waals surface area contributed by atoms with E-state index in [1.807, 2.05) is 13.0 Å². The molecule has 0 spiro atoms. The van der Waals surface area contributed by atoms with Crippen molar-refractivity contribution in [3.63, 3.8) is 0 Å². The highest BCUT2D eigenvalue weighted by Crippen LogP contribution is 2.33. The Balaban J connectivity index is 1.24. The molecule has 1 saturated heterocycles. The lowest BCUT2D eigenvalue weighted by molar-refractivity contribution is -0.125. The summed E-state index contributed by atoms with van der Waals surface area (Å²) < 4.78 is 1.20. The van der Waals surface area contributed by atoms with Crippen LogP contribution in [0.15, 0.2) is 12.1 Å². The van der Waals surface area contributed by atoms with Gasteiger partial charge in [0.15, 0.2) is 5.13 Å². The van der Waals surface area contributed by atoms with Gasteiger partial charge in [-0.1, -0.05) is 42.2 Å². The standard InChI is InChI=1S/C21H29ClN4OS/c1-15-17(22)7-8-18-19(15)24-21(28-18)26-13-11-25(12-14-26)10-9-23-20(27)16-5-3-2-4-6-16/h7-8,16H,2-6,9-14H2,1H3,(H,23,27). The molecule has 1 aliphatic carbocycles. The van der Waals surface area contributed by atoms with Crippen molar-refractivity contribution in [2.24, 2.45) is 5.92 Å². The van der Waals surface area contributed by atoms with Gasteiger partial charge in [-0.05, 0) is 37.5 Å². The SMILES string of the molecule is Cc1c(Cl)ccc2sc(N3CCN(CCNC(=O)C4CCCCC4)CC3)nc12. The fraction of sp³-hybridized carbons (Fsp3) is 0.619. The Morgan fingerprint density at radius 3 is 2.71 bits per heavy atom. The first-order chi connectivity index (χ1) is 13.6. The number of fused-ring (bicyclic) bond motifs is 1. The van der Waals surface area contributed by atoms with Crippen LogP contribution in [0, 0.1) is 12.8 Å². The number of halogens is 1. The molecule has 152 valence electrons. The van der Waals surface area contributed by atoms with E-state index >= 15 is 0 Å². The van der Waals surface area contributed by atoms with Crippen molar-refractivity contribution in [2.45, 2.75) is 39.0 Å². The van der Waals surface area contributed by atoms with Crippen LogP contribution in [0.3, 0.4) is 0 Å². The summed E-state index contributed by atoms with van der Waals surface area (Å²) in [6, 6.07) is 4.03. The molecule has 0 radical (unpaired) electrons. The smallest absolute Gasteiger partial charge is 0.223 e. The fourth-order valence-electron chi connectivity index (χ4n) is 4.23. The minimum atomic E-state index is 0.251. The summed E-state index contributed by atoms with van der Waals surface area (Å²) in [5.74, 6) is 0.517. The lowest BCUT2D eigenvalue weighted by Gasteiger charge is -2.34. The van der Waals surface area contributed by atoms with Gasteiger partial charge in [0.2, 0.25) is 5.91 Å². The highest BCUT2D eigenvalue weighted by molar-refractivity contribution is 7.22. The van der Waals surface area contributed by atoms with Crippen LogP contribution in [0.5, 0.6) is 0 Å². The Bertz CT molecular complexity index is 825. The van der Waals surface area contributed by atoms with Crippen LogP contribution in [0.2, 0.25) is 5.02 Å². The molecular weight excluding hydrogens is 392 g/mol. The summed E-state index contributed by atoms with van der Waals surface area (Å²) in [4.78, 5) is 21.9. The number of hydrogen-bond acceptors (Lipinski definition) is 5. The minimum absolute atomic E-state index is 0.251. The molecule has 0 atom stereocenters. The quantitative estimate of drug-likeness (QED) is 0.791. The maximum Gasteiger partial charge on any atom is 0.223 e. The Morgan fingerprint density at radius 2 is 1.96 bits per heavy atom. The monoisotopic (exact) mass is 420 g/mol. The second-order valence-electron chi connectivity index (χ2n) is 7.97. The Labute approximate surface area is 176 Å². The molecule has 2 fully saturated rings. The molecule has 0 bridgehead atoms. The lowest BCUT2D eigenvalue weighted by Crippen LogP contribution is -2.48. The molecule has 5 nitrogen and oxygen atoms in total. The average molecular weight is 421 g/mol. The number of thiazole rings is 1. The number of rotatable bonds is 5. The number of amides is 1. The van der Waals surface area contributed by atoms with Crippen molar-refractivity contribution >= 4 is 44.2 Å². The number of nitrogens with zero attached hydrogens (tertiary/aromatic N) is 3. The molecule has 0 unspecified atom stereocenters. The van der Waals surface area contributed by atoms with E-state index in [-0.39, 0.29) is 11.8 Å². The number of piperazine rings is 1. The molecule has 2 aromatic rings. The van der Waals surface area contributed by atoms with Gasteiger partial charge in [-0.25, -0.2) is 4.98 Å². The van der Waals surface area contributed by atoms with E-state index in [1.54, 1.807) is 11.3 Å². The summed E-state index contributed by atoms with van der Waals surface area (Å²) in [7, 11) is 0. The maximum atomic E-state index is 12.3. The number of anilines is 1. The first-order valence-corrected chi connectivity index (χ1v) is 11.6. The van der Waals surface area contributed by atoms with Crippen molar-refractivity contribution in [1.82, 2.24) is 15.2 Å². The predicted molar refractivity (Wildman–Crippen MR) is 118 cm³/mol. The predicted octanol–water partition coefficient (Wildman–Crippen LogP) is 4.08. The molecule has 1 aliphatic heterocycles. The van der Waals surface area contributed by atoms with Crippen molar-refractivity contribution in [3.05, 3.63) is 22.7 Å². The van der Waals surface area contributed by atoms with E-state index in [2.05, 4.69) is 21.2 Å². The molecule has 1 aromatic heterocycles. The second kappa shape index (κ2) is 8.97. The van der Waals surface area contributed by atoms with Crippen molar-refractivity contribution in [1.29, 1.82) is 0 Å². The van der Waals surface area contributed by atoms with Crippen molar-refractivity contribution in [2.75, 3.05) is 44.2 Å². The molecule has 2 heterocycles. The first-order valence-electron chi connectivity index (χ1n) is 10.4. The van der Waals surface area contributed by atoms with Gasteiger partial charge in [0.25, 0.3) is 0 Å². The summed E-state index contributed by atoms with van der Waals surface area (Å²) in [6.45, 7) is 7.69. The van der Waals surface area contributed by atoms with E-state index in [0.717, 1.165) is 73.3 Å². The lowest BCUT2D eigenvalue weighted by atomic mass is 9.89. The Hall–Kier alpha value is -1.37. The van der Waals surface area contributed by atoms with Crippen LogP contribution in [-0.4, -0.2) is 55.1 Å². The van der Waals surface area contributed by atoms with Crippen LogP contribution in [-0.2, 0) is 4.79 Å². The molecule has 1 saturated carbocycles. The van der Waals surface area contributed by atoms with Gasteiger partial charge in [-0.15, -0.1) is 0 Å². The third kappa shape index (κ3) is 4.44. The summed E-state index contributed by atoms with van der Waals surface area (Å²) in [5.41, 5.74) is 2.09. The molecule has 1 N–H and O–H groups in total. The van der Waals surface area contributed by atoms with Gasteiger partial charge in [-0.3, -0.25) is 9.69 Å². The molecule has 2 aliphatic rings. The largest absolute Gasteiger partial charge is 0.355 e. The fourth-order valence-corrected chi connectivity index (χ4v) is 5.46. The van der Waals surface area contributed by atoms with Gasteiger partial charge in [0.05, 0.1) is 10.2 Å². The second-order valence-corrected chi connectivity index (χ2v) is 9.39. The summed E-state index contributed by atoms with van der Waals surface area (Å²) in [6.07, 6.45) is 5.83. The van der Waals surface area contributed by atoms with Crippen LogP contribution < -0.4 is 10.2 Å². The highest BCUT2D eigenvalue weighted by atomic mass is 35.5. The Morgan fingerprint density at radius 1 is 1.21 bits per heavy atom. The maximum absolute atomic E-state index is 12.3. The topological polar surface area (TPSA) is 48.5 Å². The number of carbonyl (C=O) groups excluding carboxylic acids is 1. The van der Waals surface area contributed by atoms with E-state index in [4.69, 9.17) is 16.6 Å². The van der Waals surface area contributed by atoms with Gasteiger partial charge < -0.3 is 10.2 Å². The van der Waals surface area contributed by atoms with Crippen LogP contribution in [0.4, 0.5) is 5.13 Å². The molecule has 1 aromatic carbocycles. The molecule has 1 amide bonds. The van der Waals surface area contributed by atoms with Crippen LogP contribution >= 0.6 is 22.9 Å². The number of aromatic nitrogens is 1. The van der Waals surface area contributed by atoms with Crippen molar-refractivity contribution < 1.29 is 4.79 Å². The zero-order valence-corrected chi connectivity index (χ0v) is 18.1. The average Bonchev–Trinajstić information content (AvgIpc) is 3.17. The van der Waals surface area contributed by atoms with Crippen molar-refractivity contribution in [3.8, 4) is 0 Å². The van der Waals surface area contributed by atoms with E-state index in [9.17, 15) is 4.79 Å².